The molecular formula is C34H46N4O5. The third-order valence-electron chi connectivity index (χ3n) is 10.2. The van der Waals surface area contributed by atoms with Gasteiger partial charge in [-0.25, -0.2) is 0 Å². The van der Waals surface area contributed by atoms with Crippen molar-refractivity contribution in [2.24, 2.45) is 28.6 Å². The zero-order valence-corrected chi connectivity index (χ0v) is 26.3. The Kier molecular flexibility index (Phi) is 8.22. The molecule has 1 aromatic heterocycles. The molecule has 0 radical (unpaired) electrons. The molecule has 2 heterocycles. The number of carbonyl (C=O) groups excluding carboxylic acids is 4. The Morgan fingerprint density at radius 3 is 2.44 bits per heavy atom. The minimum Gasteiger partial charge on any atom is -0.496 e. The molecule has 1 aliphatic heterocycles. The van der Waals surface area contributed by atoms with E-state index >= 15 is 0 Å². The van der Waals surface area contributed by atoms with E-state index in [2.05, 4.69) is 36.0 Å². The molecule has 9 nitrogen and oxygen atoms in total. The molecule has 0 bridgehead atoms. The molecule has 3 amide bonds. The molecule has 3 N–H and O–H groups in total. The molecule has 2 saturated carbocycles. The van der Waals surface area contributed by atoms with E-state index in [1.165, 1.54) is 6.08 Å². The summed E-state index contributed by atoms with van der Waals surface area (Å²) in [6, 6.07) is 5.08. The fraction of sp³-hybridized carbons (Fsp3) is 0.588. The molecule has 0 spiro atoms. The third kappa shape index (κ3) is 5.70. The normalized spacial score (nSPS) is 24.5. The smallest absolute Gasteiger partial charge is 0.268 e. The van der Waals surface area contributed by atoms with E-state index in [1.807, 2.05) is 39.0 Å². The molecular weight excluding hydrogens is 544 g/mol. The molecule has 2 aliphatic carbocycles. The number of piperidine rings is 1. The predicted octanol–water partition coefficient (Wildman–Crippen LogP) is 4.62. The van der Waals surface area contributed by atoms with Crippen LogP contribution in [0.15, 0.2) is 36.9 Å². The van der Waals surface area contributed by atoms with Gasteiger partial charge in [0.05, 0.1) is 13.2 Å². The number of rotatable bonds is 9. The van der Waals surface area contributed by atoms with Crippen molar-refractivity contribution in [3.8, 4) is 5.75 Å². The molecule has 0 unspecified atom stereocenters. The second-order valence-corrected chi connectivity index (χ2v) is 14.3. The molecule has 3 aliphatic rings. The van der Waals surface area contributed by atoms with Gasteiger partial charge in [0.2, 0.25) is 11.8 Å². The topological polar surface area (TPSA) is 121 Å². The molecule has 5 atom stereocenters. The van der Waals surface area contributed by atoms with E-state index in [4.69, 9.17) is 4.74 Å². The summed E-state index contributed by atoms with van der Waals surface area (Å²) in [6.45, 7) is 14.0. The predicted molar refractivity (Wildman–Crippen MR) is 166 cm³/mol. The van der Waals surface area contributed by atoms with E-state index < -0.39 is 23.5 Å². The maximum atomic E-state index is 14.5. The first-order valence-electron chi connectivity index (χ1n) is 15.5. The number of fused-ring (bicyclic) bond motifs is 2. The first-order chi connectivity index (χ1) is 20.3. The van der Waals surface area contributed by atoms with Crippen LogP contribution in [0.4, 0.5) is 0 Å². The van der Waals surface area contributed by atoms with Gasteiger partial charge in [-0.05, 0) is 65.7 Å². The fourth-order valence-electron chi connectivity index (χ4n) is 7.55. The van der Waals surface area contributed by atoms with Crippen LogP contribution in [0.5, 0.6) is 5.75 Å². The van der Waals surface area contributed by atoms with Crippen LogP contribution in [0.3, 0.4) is 0 Å². The lowest BCUT2D eigenvalue weighted by Gasteiger charge is -2.38. The van der Waals surface area contributed by atoms with Crippen molar-refractivity contribution in [1.82, 2.24) is 20.5 Å². The number of nitrogens with zero attached hydrogens (tertiary/aromatic N) is 1. The number of ether oxygens (including phenoxy) is 1. The number of aromatic nitrogens is 1. The van der Waals surface area contributed by atoms with Crippen molar-refractivity contribution >= 4 is 34.4 Å². The van der Waals surface area contributed by atoms with Crippen molar-refractivity contribution in [2.75, 3.05) is 13.7 Å². The number of carbonyl (C=O) groups is 4. The third-order valence-corrected chi connectivity index (χ3v) is 10.2. The van der Waals surface area contributed by atoms with Gasteiger partial charge in [-0.2, -0.15) is 0 Å². The van der Waals surface area contributed by atoms with E-state index in [1.54, 1.807) is 18.1 Å². The SMILES string of the molecule is C=CC(=O)[C@@H](NC(=O)[C@@H]1[C@@H]2[C@H](CN1C(=O)[C@@H](NC(=O)c1cc3c(OC)cccc3[nH]1)C1CCCCC1)C2(C)C)C(C)(C)C. The number of ketones is 1. The van der Waals surface area contributed by atoms with Gasteiger partial charge in [0, 0.05) is 17.4 Å². The lowest BCUT2D eigenvalue weighted by atomic mass is 9.82. The molecule has 43 heavy (non-hydrogen) atoms. The van der Waals surface area contributed by atoms with Gasteiger partial charge in [-0.3, -0.25) is 19.2 Å². The number of methoxy groups -OCH3 is 1. The Morgan fingerprint density at radius 1 is 1.12 bits per heavy atom. The van der Waals surface area contributed by atoms with Crippen LogP contribution in [0.2, 0.25) is 0 Å². The summed E-state index contributed by atoms with van der Waals surface area (Å²) in [7, 11) is 1.59. The van der Waals surface area contributed by atoms with Gasteiger partial charge < -0.3 is 25.3 Å². The van der Waals surface area contributed by atoms with Crippen molar-refractivity contribution in [1.29, 1.82) is 0 Å². The standard InChI is InChI=1S/C34H46N4O5/c1-8-24(39)29(33(2,3)4)37-31(41)28-26-21(34(26,5)6)18-38(28)32(42)27(19-13-10-9-11-14-19)36-30(40)23-17-20-22(35-23)15-12-16-25(20)43-7/h8,12,15-17,19,21,26-29,35H,1,9-11,13-14,18H2,2-7H3,(H,36,40)(H,37,41)/t21-,26-,27-,28-,29+/m0/s1. The van der Waals surface area contributed by atoms with Crippen LogP contribution in [0.25, 0.3) is 10.9 Å². The molecule has 1 saturated heterocycles. The second kappa shape index (κ2) is 11.5. The summed E-state index contributed by atoms with van der Waals surface area (Å²) in [4.78, 5) is 59.7. The van der Waals surface area contributed by atoms with Crippen LogP contribution in [-0.4, -0.2) is 65.2 Å². The van der Waals surface area contributed by atoms with Crippen LogP contribution >= 0.6 is 0 Å². The number of amides is 3. The van der Waals surface area contributed by atoms with Crippen molar-refractivity contribution in [3.63, 3.8) is 0 Å². The highest BCUT2D eigenvalue weighted by atomic mass is 16.5. The molecule has 1 aromatic carbocycles. The summed E-state index contributed by atoms with van der Waals surface area (Å²) in [5.41, 5.74) is 0.494. The summed E-state index contributed by atoms with van der Waals surface area (Å²) < 4.78 is 5.46. The Labute approximate surface area is 254 Å². The van der Waals surface area contributed by atoms with Crippen molar-refractivity contribution in [3.05, 3.63) is 42.6 Å². The molecule has 2 aromatic rings. The highest BCUT2D eigenvalue weighted by Crippen LogP contribution is 2.65. The maximum absolute atomic E-state index is 14.5. The molecule has 3 fully saturated rings. The van der Waals surface area contributed by atoms with E-state index in [-0.39, 0.29) is 46.7 Å². The maximum Gasteiger partial charge on any atom is 0.268 e. The number of hydrogen-bond acceptors (Lipinski definition) is 5. The summed E-state index contributed by atoms with van der Waals surface area (Å²) in [5, 5.41) is 6.85. The summed E-state index contributed by atoms with van der Waals surface area (Å²) in [6.07, 6.45) is 6.00. The van der Waals surface area contributed by atoms with Crippen LogP contribution < -0.4 is 15.4 Å². The average Bonchev–Trinajstić information content (AvgIpc) is 3.35. The Morgan fingerprint density at radius 2 is 1.81 bits per heavy atom. The van der Waals surface area contributed by atoms with Crippen LogP contribution in [0, 0.1) is 28.6 Å². The van der Waals surface area contributed by atoms with Crippen LogP contribution in [0.1, 0.15) is 77.2 Å². The first-order valence-corrected chi connectivity index (χ1v) is 15.5. The van der Waals surface area contributed by atoms with Crippen LogP contribution in [-0.2, 0) is 14.4 Å². The number of aromatic amines is 1. The van der Waals surface area contributed by atoms with Gasteiger partial charge >= 0.3 is 0 Å². The minimum atomic E-state index is -0.761. The Bertz CT molecular complexity index is 1430. The Balaban J connectivity index is 1.43. The summed E-state index contributed by atoms with van der Waals surface area (Å²) in [5.74, 6) is -0.370. The number of nitrogens with one attached hydrogen (secondary N) is 3. The largest absolute Gasteiger partial charge is 0.496 e. The monoisotopic (exact) mass is 590 g/mol. The number of H-pyrrole nitrogens is 1. The quantitative estimate of drug-likeness (QED) is 0.368. The first kappa shape index (κ1) is 30.8. The summed E-state index contributed by atoms with van der Waals surface area (Å²) >= 11 is 0. The number of hydrogen-bond donors (Lipinski definition) is 3. The minimum absolute atomic E-state index is 0.0141. The second-order valence-electron chi connectivity index (χ2n) is 14.3. The van der Waals surface area contributed by atoms with Gasteiger partial charge in [-0.15, -0.1) is 0 Å². The van der Waals surface area contributed by atoms with E-state index in [0.717, 1.165) is 43.0 Å². The van der Waals surface area contributed by atoms with Crippen molar-refractivity contribution in [2.45, 2.75) is 84.8 Å². The van der Waals surface area contributed by atoms with E-state index in [9.17, 15) is 19.2 Å². The highest BCUT2D eigenvalue weighted by Gasteiger charge is 2.69. The zero-order valence-electron chi connectivity index (χ0n) is 26.3. The highest BCUT2D eigenvalue weighted by molar-refractivity contribution is 6.02. The average molecular weight is 591 g/mol. The van der Waals surface area contributed by atoms with Gasteiger partial charge in [0.1, 0.15) is 23.5 Å². The Hall–Kier alpha value is -3.62. The van der Waals surface area contributed by atoms with Crippen molar-refractivity contribution < 1.29 is 23.9 Å². The number of benzene rings is 1. The zero-order chi connectivity index (χ0) is 31.3. The molecule has 232 valence electrons. The van der Waals surface area contributed by atoms with Gasteiger partial charge in [-0.1, -0.05) is 66.5 Å². The lowest BCUT2D eigenvalue weighted by molar-refractivity contribution is -0.144. The molecule has 9 heteroatoms. The van der Waals surface area contributed by atoms with E-state index in [0.29, 0.717) is 18.0 Å². The fourth-order valence-corrected chi connectivity index (χ4v) is 7.55. The molecule has 5 rings (SSSR count). The lowest BCUT2D eigenvalue weighted by Crippen LogP contribution is -2.60. The van der Waals surface area contributed by atoms with Gasteiger partial charge in [0.25, 0.3) is 5.91 Å². The number of likely N-dealkylation sites (tertiary alicyclic amines) is 1. The van der Waals surface area contributed by atoms with Gasteiger partial charge in [0.15, 0.2) is 5.78 Å².